The number of benzene rings is 1. The maximum atomic E-state index is 12.6. The van der Waals surface area contributed by atoms with Crippen molar-refractivity contribution < 1.29 is 4.79 Å². The van der Waals surface area contributed by atoms with Crippen LogP contribution < -0.4 is 0 Å². The first-order valence-electron chi connectivity index (χ1n) is 8.25. The van der Waals surface area contributed by atoms with Crippen molar-refractivity contribution in [2.24, 2.45) is 5.92 Å². The van der Waals surface area contributed by atoms with E-state index in [2.05, 4.69) is 11.9 Å². The van der Waals surface area contributed by atoms with Crippen molar-refractivity contribution >= 4 is 29.3 Å². The van der Waals surface area contributed by atoms with Gasteiger partial charge >= 0.3 is 0 Å². The molecular weight excluding hydrogens is 340 g/mol. The third kappa shape index (κ3) is 4.52. The molecule has 1 aliphatic heterocycles. The Morgan fingerprint density at radius 1 is 1.25 bits per heavy atom. The largest absolute Gasteiger partial charge is 0.337 e. The number of thioether (sulfide) groups is 1. The fourth-order valence-corrected chi connectivity index (χ4v) is 3.82. The van der Waals surface area contributed by atoms with Crippen molar-refractivity contribution in [2.45, 2.75) is 30.5 Å². The fraction of sp³-hybridized carbons (Fsp3) is 0.368. The highest BCUT2D eigenvalue weighted by atomic mass is 35.5. The van der Waals surface area contributed by atoms with Gasteiger partial charge in [-0.2, -0.15) is 0 Å². The second kappa shape index (κ2) is 8.04. The lowest BCUT2D eigenvalue weighted by molar-refractivity contribution is 0.0690. The van der Waals surface area contributed by atoms with Crippen molar-refractivity contribution in [3.63, 3.8) is 0 Å². The normalized spacial score (nSPS) is 15.5. The molecule has 0 unspecified atom stereocenters. The molecule has 0 radical (unpaired) electrons. The zero-order chi connectivity index (χ0) is 16.9. The van der Waals surface area contributed by atoms with Gasteiger partial charge in [-0.1, -0.05) is 36.7 Å². The topological polar surface area (TPSA) is 33.2 Å². The molecule has 2 aromatic rings. The first kappa shape index (κ1) is 17.3. The van der Waals surface area contributed by atoms with Gasteiger partial charge in [0.2, 0.25) is 0 Å². The van der Waals surface area contributed by atoms with Crippen molar-refractivity contribution in [3.05, 3.63) is 58.7 Å². The molecule has 0 saturated carbocycles. The van der Waals surface area contributed by atoms with Crippen LogP contribution in [0.25, 0.3) is 0 Å². The number of rotatable bonds is 4. The number of carbonyl (C=O) groups is 1. The van der Waals surface area contributed by atoms with Gasteiger partial charge in [0.15, 0.2) is 0 Å². The van der Waals surface area contributed by atoms with E-state index in [4.69, 9.17) is 11.6 Å². The van der Waals surface area contributed by atoms with Crippen LogP contribution in [0.15, 0.2) is 47.5 Å². The molecule has 2 heterocycles. The predicted octanol–water partition coefficient (Wildman–Crippen LogP) is 4.90. The Balaban J connectivity index is 1.64. The lowest BCUT2D eigenvalue weighted by atomic mass is 9.99. The van der Waals surface area contributed by atoms with Crippen LogP contribution in [0.1, 0.15) is 35.8 Å². The Morgan fingerprint density at radius 3 is 2.75 bits per heavy atom. The van der Waals surface area contributed by atoms with Crippen molar-refractivity contribution in [1.82, 2.24) is 9.88 Å². The van der Waals surface area contributed by atoms with Gasteiger partial charge in [0.1, 0.15) is 5.69 Å². The molecular formula is C19H21ClN2OS. The van der Waals surface area contributed by atoms with Crippen LogP contribution in [0.2, 0.25) is 5.02 Å². The monoisotopic (exact) mass is 360 g/mol. The molecule has 3 nitrogen and oxygen atoms in total. The lowest BCUT2D eigenvalue weighted by Gasteiger charge is -2.30. The molecule has 3 rings (SSSR count). The van der Waals surface area contributed by atoms with Crippen LogP contribution >= 0.6 is 23.4 Å². The summed E-state index contributed by atoms with van der Waals surface area (Å²) in [7, 11) is 0. The first-order valence-corrected chi connectivity index (χ1v) is 9.62. The van der Waals surface area contributed by atoms with Gasteiger partial charge in [-0.3, -0.25) is 4.79 Å². The summed E-state index contributed by atoms with van der Waals surface area (Å²) in [5, 5.41) is 1.61. The summed E-state index contributed by atoms with van der Waals surface area (Å²) in [6, 6.07) is 13.5. The summed E-state index contributed by atoms with van der Waals surface area (Å²) in [6.07, 6.45) is 2.16. The fourth-order valence-electron chi connectivity index (χ4n) is 2.77. The highest BCUT2D eigenvalue weighted by Crippen LogP contribution is 2.23. The minimum Gasteiger partial charge on any atom is -0.337 e. The van der Waals surface area contributed by atoms with Crippen LogP contribution in [-0.4, -0.2) is 28.9 Å². The standard InChI is InChI=1S/C19H21ClN2OS/c1-14-8-10-22(11-9-14)19(23)17-6-3-7-18(21-17)24-13-15-4-2-5-16(20)12-15/h2-7,12,14H,8-11,13H2,1H3. The van der Waals surface area contributed by atoms with Crippen LogP contribution in [0.5, 0.6) is 0 Å². The number of nitrogens with zero attached hydrogens (tertiary/aromatic N) is 2. The molecule has 0 spiro atoms. The lowest BCUT2D eigenvalue weighted by Crippen LogP contribution is -2.38. The van der Waals surface area contributed by atoms with Gasteiger partial charge in [-0.25, -0.2) is 4.98 Å². The highest BCUT2D eigenvalue weighted by molar-refractivity contribution is 7.98. The third-order valence-electron chi connectivity index (χ3n) is 4.29. The summed E-state index contributed by atoms with van der Waals surface area (Å²) in [5.74, 6) is 1.54. The minimum atomic E-state index is 0.0482. The number of pyridine rings is 1. The molecule has 1 fully saturated rings. The van der Waals surface area contributed by atoms with E-state index in [-0.39, 0.29) is 5.91 Å². The first-order chi connectivity index (χ1) is 11.6. The molecule has 1 aromatic heterocycles. The van der Waals surface area contributed by atoms with Crippen LogP contribution in [0, 0.1) is 5.92 Å². The van der Waals surface area contributed by atoms with Gasteiger partial charge < -0.3 is 4.90 Å². The maximum Gasteiger partial charge on any atom is 0.272 e. The highest BCUT2D eigenvalue weighted by Gasteiger charge is 2.22. The smallest absolute Gasteiger partial charge is 0.272 e. The molecule has 0 aliphatic carbocycles. The average molecular weight is 361 g/mol. The van der Waals surface area contributed by atoms with Gasteiger partial charge in [0.05, 0.1) is 5.03 Å². The van der Waals surface area contributed by atoms with Crippen LogP contribution in [-0.2, 0) is 5.75 Å². The molecule has 1 amide bonds. The van der Waals surface area contributed by atoms with E-state index in [0.29, 0.717) is 11.6 Å². The third-order valence-corrected chi connectivity index (χ3v) is 5.53. The Bertz CT molecular complexity index is 714. The summed E-state index contributed by atoms with van der Waals surface area (Å²) in [5.41, 5.74) is 1.69. The molecule has 0 N–H and O–H groups in total. The number of hydrogen-bond acceptors (Lipinski definition) is 3. The Labute approximate surface area is 152 Å². The number of hydrogen-bond donors (Lipinski definition) is 0. The summed E-state index contributed by atoms with van der Waals surface area (Å²) in [4.78, 5) is 19.1. The number of piperidine rings is 1. The summed E-state index contributed by atoms with van der Waals surface area (Å²) in [6.45, 7) is 3.91. The van der Waals surface area contributed by atoms with Gasteiger partial charge in [-0.05, 0) is 48.6 Å². The second-order valence-electron chi connectivity index (χ2n) is 6.25. The quantitative estimate of drug-likeness (QED) is 0.727. The van der Waals surface area contributed by atoms with Crippen LogP contribution in [0.4, 0.5) is 0 Å². The van der Waals surface area contributed by atoms with E-state index in [1.54, 1.807) is 11.8 Å². The minimum absolute atomic E-state index is 0.0482. The summed E-state index contributed by atoms with van der Waals surface area (Å²) >= 11 is 7.63. The van der Waals surface area contributed by atoms with Gasteiger partial charge in [0, 0.05) is 23.9 Å². The molecule has 1 aromatic carbocycles. The van der Waals surface area contributed by atoms with Crippen molar-refractivity contribution in [3.8, 4) is 0 Å². The summed E-state index contributed by atoms with van der Waals surface area (Å²) < 4.78 is 0. The van der Waals surface area contributed by atoms with E-state index in [0.717, 1.165) is 47.3 Å². The number of amides is 1. The average Bonchev–Trinajstić information content (AvgIpc) is 2.60. The second-order valence-corrected chi connectivity index (χ2v) is 7.69. The van der Waals surface area contributed by atoms with E-state index < -0.39 is 0 Å². The Kier molecular flexibility index (Phi) is 5.80. The van der Waals surface area contributed by atoms with Gasteiger partial charge in [-0.15, -0.1) is 11.8 Å². The van der Waals surface area contributed by atoms with E-state index in [9.17, 15) is 4.79 Å². The van der Waals surface area contributed by atoms with Crippen molar-refractivity contribution in [1.29, 1.82) is 0 Å². The Morgan fingerprint density at radius 2 is 2.00 bits per heavy atom. The number of halogens is 1. The SMILES string of the molecule is CC1CCN(C(=O)c2cccc(SCc3cccc(Cl)c3)n2)CC1. The van der Waals surface area contributed by atoms with Gasteiger partial charge in [0.25, 0.3) is 5.91 Å². The van der Waals surface area contributed by atoms with Crippen LogP contribution in [0.3, 0.4) is 0 Å². The zero-order valence-electron chi connectivity index (χ0n) is 13.7. The van der Waals surface area contributed by atoms with Crippen molar-refractivity contribution in [2.75, 3.05) is 13.1 Å². The van der Waals surface area contributed by atoms with E-state index >= 15 is 0 Å². The molecule has 24 heavy (non-hydrogen) atoms. The predicted molar refractivity (Wildman–Crippen MR) is 99.6 cm³/mol. The Hall–Kier alpha value is -1.52. The number of likely N-dealkylation sites (tertiary alicyclic amines) is 1. The zero-order valence-corrected chi connectivity index (χ0v) is 15.3. The molecule has 0 atom stereocenters. The van der Waals surface area contributed by atoms with E-state index in [1.807, 2.05) is 47.4 Å². The molecule has 5 heteroatoms. The maximum absolute atomic E-state index is 12.6. The molecule has 0 bridgehead atoms. The molecule has 1 saturated heterocycles. The van der Waals surface area contributed by atoms with E-state index in [1.165, 1.54) is 0 Å². The number of carbonyl (C=O) groups excluding carboxylic acids is 1. The molecule has 126 valence electrons. The number of aromatic nitrogens is 1. The molecule has 1 aliphatic rings.